The monoisotopic (exact) mass is 529 g/mol. The Balaban J connectivity index is 1.48. The minimum absolute atomic E-state index is 0.0429. The van der Waals surface area contributed by atoms with E-state index >= 15 is 0 Å². The maximum absolute atomic E-state index is 14.1. The number of carbonyl (C=O) groups is 1. The summed E-state index contributed by atoms with van der Waals surface area (Å²) in [4.78, 5) is 17.9. The highest BCUT2D eigenvalue weighted by Gasteiger charge is 2.34. The molecular weight excluding hydrogens is 501 g/mol. The number of nitrogens with one attached hydrogen (secondary N) is 2. The van der Waals surface area contributed by atoms with Crippen LogP contribution in [-0.4, -0.2) is 34.4 Å². The van der Waals surface area contributed by atoms with Gasteiger partial charge in [-0.2, -0.15) is 10.1 Å². The Morgan fingerprint density at radius 2 is 1.87 bits per heavy atom. The molecule has 0 saturated heterocycles. The van der Waals surface area contributed by atoms with Crippen molar-refractivity contribution < 1.29 is 23.4 Å². The summed E-state index contributed by atoms with van der Waals surface area (Å²) in [6.07, 6.45) is 1.43. The number of methoxy groups -OCH3 is 1. The summed E-state index contributed by atoms with van der Waals surface area (Å²) in [7, 11) is 1.59. The molecule has 0 fully saturated rings. The van der Waals surface area contributed by atoms with E-state index < -0.39 is 6.04 Å². The van der Waals surface area contributed by atoms with Crippen LogP contribution < -0.4 is 24.8 Å². The van der Waals surface area contributed by atoms with Crippen molar-refractivity contribution in [2.24, 2.45) is 0 Å². The molecule has 39 heavy (non-hydrogen) atoms. The van der Waals surface area contributed by atoms with Gasteiger partial charge >= 0.3 is 0 Å². The smallest absolute Gasteiger partial charge is 0.255 e. The molecule has 0 aliphatic carbocycles. The number of nitrogens with zero attached hydrogens (tertiary/aromatic N) is 3. The topological polar surface area (TPSA) is 99.5 Å². The van der Waals surface area contributed by atoms with Gasteiger partial charge in [0.1, 0.15) is 30.5 Å². The van der Waals surface area contributed by atoms with Crippen LogP contribution in [0.15, 0.2) is 84.3 Å². The summed E-state index contributed by atoms with van der Waals surface area (Å²) in [5.74, 6) is 1.49. The Labute approximate surface area is 225 Å². The quantitative estimate of drug-likeness (QED) is 0.302. The van der Waals surface area contributed by atoms with Gasteiger partial charge in [0.2, 0.25) is 5.95 Å². The molecule has 3 aromatic carbocycles. The van der Waals surface area contributed by atoms with Crippen molar-refractivity contribution >= 4 is 17.5 Å². The largest absolute Gasteiger partial charge is 0.497 e. The first kappa shape index (κ1) is 25.8. The zero-order valence-electron chi connectivity index (χ0n) is 21.8. The predicted octanol–water partition coefficient (Wildman–Crippen LogP) is 5.33. The Kier molecular flexibility index (Phi) is 7.44. The third kappa shape index (κ3) is 5.40. The Morgan fingerprint density at radius 1 is 1.08 bits per heavy atom. The third-order valence-electron chi connectivity index (χ3n) is 6.31. The number of rotatable bonds is 9. The van der Waals surface area contributed by atoms with E-state index in [0.29, 0.717) is 52.3 Å². The molecule has 4 aromatic rings. The van der Waals surface area contributed by atoms with Crippen LogP contribution in [0.4, 0.5) is 16.0 Å². The molecule has 1 aliphatic rings. The minimum Gasteiger partial charge on any atom is -0.497 e. The number of hydrogen-bond donors (Lipinski definition) is 2. The molecule has 0 radical (unpaired) electrons. The average molecular weight is 530 g/mol. The van der Waals surface area contributed by atoms with Crippen molar-refractivity contribution in [2.45, 2.75) is 26.5 Å². The van der Waals surface area contributed by atoms with Gasteiger partial charge in [0.25, 0.3) is 5.91 Å². The number of carbonyl (C=O) groups excluding carboxylic acids is 1. The van der Waals surface area contributed by atoms with E-state index in [2.05, 4.69) is 20.7 Å². The number of aromatic nitrogens is 3. The first-order valence-corrected chi connectivity index (χ1v) is 12.4. The van der Waals surface area contributed by atoms with Crippen molar-refractivity contribution in [1.29, 1.82) is 0 Å². The molecule has 1 aromatic heterocycles. The number of hydrogen-bond acceptors (Lipinski definition) is 7. The predicted molar refractivity (Wildman–Crippen MR) is 144 cm³/mol. The molecule has 10 heteroatoms. The lowest BCUT2D eigenvalue weighted by molar-refractivity contribution is -0.113. The normalized spacial score (nSPS) is 14.3. The fraction of sp³-hybridized carbons (Fsp3) is 0.207. The molecule has 0 bridgehead atoms. The minimum atomic E-state index is -0.596. The van der Waals surface area contributed by atoms with Crippen LogP contribution in [-0.2, 0) is 11.4 Å². The van der Waals surface area contributed by atoms with Crippen LogP contribution in [0.1, 0.15) is 31.0 Å². The van der Waals surface area contributed by atoms with Gasteiger partial charge in [0.05, 0.1) is 19.3 Å². The second kappa shape index (κ2) is 11.3. The van der Waals surface area contributed by atoms with E-state index in [1.54, 1.807) is 60.3 Å². The van der Waals surface area contributed by atoms with E-state index in [1.807, 2.05) is 26.0 Å². The van der Waals surface area contributed by atoms with Crippen LogP contribution >= 0.6 is 0 Å². The molecule has 0 saturated carbocycles. The molecule has 0 spiro atoms. The maximum Gasteiger partial charge on any atom is 0.255 e. The van der Waals surface area contributed by atoms with Crippen LogP contribution in [0.25, 0.3) is 0 Å². The summed E-state index contributed by atoms with van der Waals surface area (Å²) in [6, 6.07) is 18.4. The Bertz CT molecular complexity index is 1520. The van der Waals surface area contributed by atoms with E-state index in [9.17, 15) is 9.18 Å². The Morgan fingerprint density at radius 3 is 2.62 bits per heavy atom. The number of benzene rings is 3. The molecule has 9 nitrogen and oxygen atoms in total. The van der Waals surface area contributed by atoms with Crippen LogP contribution in [0.3, 0.4) is 0 Å². The highest BCUT2D eigenvalue weighted by atomic mass is 19.1. The highest BCUT2D eigenvalue weighted by Crippen LogP contribution is 2.39. The van der Waals surface area contributed by atoms with Crippen LogP contribution in [0.5, 0.6) is 17.2 Å². The van der Waals surface area contributed by atoms with Gasteiger partial charge in [-0.05, 0) is 61.9 Å². The van der Waals surface area contributed by atoms with Gasteiger partial charge in [-0.15, -0.1) is 0 Å². The number of halogens is 1. The first-order valence-electron chi connectivity index (χ1n) is 12.4. The highest BCUT2D eigenvalue weighted by molar-refractivity contribution is 6.06. The summed E-state index contributed by atoms with van der Waals surface area (Å²) < 4.78 is 32.8. The fourth-order valence-corrected chi connectivity index (χ4v) is 4.42. The van der Waals surface area contributed by atoms with Crippen molar-refractivity contribution in [1.82, 2.24) is 14.8 Å². The van der Waals surface area contributed by atoms with Gasteiger partial charge in [0, 0.05) is 16.9 Å². The number of anilines is 2. The number of amides is 1. The van der Waals surface area contributed by atoms with E-state index in [4.69, 9.17) is 14.2 Å². The summed E-state index contributed by atoms with van der Waals surface area (Å²) in [6.45, 7) is 4.12. The molecule has 200 valence electrons. The van der Waals surface area contributed by atoms with Crippen molar-refractivity contribution in [3.05, 3.63) is 101 Å². The Hall–Kier alpha value is -4.86. The second-order valence-corrected chi connectivity index (χ2v) is 8.80. The summed E-state index contributed by atoms with van der Waals surface area (Å²) in [5, 5.41) is 10.5. The molecule has 1 unspecified atom stereocenters. The summed E-state index contributed by atoms with van der Waals surface area (Å²) >= 11 is 0. The lowest BCUT2D eigenvalue weighted by Gasteiger charge is -2.29. The average Bonchev–Trinajstić information content (AvgIpc) is 3.41. The number of fused-ring (bicyclic) bond motifs is 1. The molecule has 1 aliphatic heterocycles. The van der Waals surface area contributed by atoms with Gasteiger partial charge in [-0.3, -0.25) is 4.79 Å². The van der Waals surface area contributed by atoms with E-state index in [1.165, 1.54) is 12.4 Å². The molecule has 5 rings (SSSR count). The van der Waals surface area contributed by atoms with Crippen molar-refractivity contribution in [3.8, 4) is 17.2 Å². The summed E-state index contributed by atoms with van der Waals surface area (Å²) in [5.41, 5.74) is 2.90. The molecule has 1 atom stereocenters. The van der Waals surface area contributed by atoms with E-state index in [-0.39, 0.29) is 18.3 Å². The van der Waals surface area contributed by atoms with Crippen molar-refractivity contribution in [3.63, 3.8) is 0 Å². The zero-order valence-corrected chi connectivity index (χ0v) is 21.8. The number of ether oxygens (including phenoxy) is 3. The lowest BCUT2D eigenvalue weighted by Crippen LogP contribution is -2.31. The maximum atomic E-state index is 14.1. The van der Waals surface area contributed by atoms with E-state index in [0.717, 1.165) is 5.56 Å². The van der Waals surface area contributed by atoms with Crippen LogP contribution in [0.2, 0.25) is 0 Å². The van der Waals surface area contributed by atoms with Gasteiger partial charge in [-0.25, -0.2) is 9.07 Å². The van der Waals surface area contributed by atoms with Crippen molar-refractivity contribution in [2.75, 3.05) is 24.4 Å². The molecular formula is C29H28FN5O4. The van der Waals surface area contributed by atoms with Gasteiger partial charge in [0.15, 0.2) is 11.5 Å². The third-order valence-corrected chi connectivity index (χ3v) is 6.31. The second-order valence-electron chi connectivity index (χ2n) is 8.80. The molecule has 2 N–H and O–H groups in total. The fourth-order valence-electron chi connectivity index (χ4n) is 4.42. The number of allylic oxidation sites excluding steroid dienone is 1. The van der Waals surface area contributed by atoms with Gasteiger partial charge < -0.3 is 24.8 Å². The first-order chi connectivity index (χ1) is 19.0. The SMILES string of the molecule is CCOc1cc(C2C(C(=O)Nc3ccc(OC)cc3)=C(C)Nc3ncnn32)ccc1OCc1ccccc1F. The van der Waals surface area contributed by atoms with Crippen LogP contribution in [0, 0.1) is 5.82 Å². The lowest BCUT2D eigenvalue weighted by atomic mass is 9.94. The van der Waals surface area contributed by atoms with Gasteiger partial charge in [-0.1, -0.05) is 24.3 Å². The molecule has 1 amide bonds. The molecule has 2 heterocycles. The zero-order chi connectivity index (χ0) is 27.4. The standard InChI is InChI=1S/C29H28FN5O4/c1-4-38-25-15-19(9-14-24(25)39-16-20-7-5-6-8-23(20)30)27-26(18(2)33-29-31-17-32-35(27)29)28(36)34-21-10-12-22(37-3)13-11-21/h5-15,17,27H,4,16H2,1-3H3,(H,34,36)(H,31,32,33).